The number of benzene rings is 2. The predicted molar refractivity (Wildman–Crippen MR) is 118 cm³/mol. The molecule has 9 heteroatoms. The molecule has 4 rings (SSSR count). The first kappa shape index (κ1) is 22.6. The van der Waals surface area contributed by atoms with Gasteiger partial charge in [-0.15, -0.1) is 0 Å². The number of hydrogen-bond acceptors (Lipinski definition) is 6. The van der Waals surface area contributed by atoms with Gasteiger partial charge in [-0.25, -0.2) is 8.42 Å². The van der Waals surface area contributed by atoms with Gasteiger partial charge in [-0.3, -0.25) is 4.79 Å². The Morgan fingerprint density at radius 2 is 1.62 bits per heavy atom. The topological polar surface area (TPSA) is 85.4 Å². The van der Waals surface area contributed by atoms with Gasteiger partial charge in [0.05, 0.1) is 25.2 Å². The number of carbonyl (C=O) groups is 1. The van der Waals surface area contributed by atoms with Gasteiger partial charge in [0.1, 0.15) is 17.2 Å². The standard InChI is InChI=1S/C23H28N2O6S/c1-3-30-20-6-4-18(5-7-20)22(26)24-14-12-23(13-15-24)25(16-17-31-23)32(27,28)21-10-8-19(29-2)9-11-21/h4-11H,3,12-17H2,1-2H3. The number of piperidine rings is 1. The van der Waals surface area contributed by atoms with Crippen LogP contribution in [-0.2, 0) is 14.8 Å². The lowest BCUT2D eigenvalue weighted by molar-refractivity contribution is -0.0857. The van der Waals surface area contributed by atoms with Gasteiger partial charge >= 0.3 is 0 Å². The zero-order valence-corrected chi connectivity index (χ0v) is 19.1. The lowest BCUT2D eigenvalue weighted by atomic mass is 10.00. The molecule has 0 radical (unpaired) electrons. The van der Waals surface area contributed by atoms with Crippen molar-refractivity contribution in [3.05, 3.63) is 54.1 Å². The molecule has 2 aliphatic heterocycles. The van der Waals surface area contributed by atoms with Gasteiger partial charge in [0.2, 0.25) is 10.0 Å². The lowest BCUT2D eigenvalue weighted by Gasteiger charge is -2.42. The second-order valence-electron chi connectivity index (χ2n) is 7.80. The van der Waals surface area contributed by atoms with Crippen LogP contribution in [0.5, 0.6) is 11.5 Å². The summed E-state index contributed by atoms with van der Waals surface area (Å²) in [6.07, 6.45) is 0.844. The normalized spacial score (nSPS) is 18.6. The fourth-order valence-corrected chi connectivity index (χ4v) is 6.03. The molecule has 0 aliphatic carbocycles. The third kappa shape index (κ3) is 4.20. The lowest BCUT2D eigenvalue weighted by Crippen LogP contribution is -2.55. The van der Waals surface area contributed by atoms with Gasteiger partial charge in [-0.1, -0.05) is 0 Å². The molecule has 0 atom stereocenters. The van der Waals surface area contributed by atoms with Crippen LogP contribution in [0.15, 0.2) is 53.4 Å². The molecule has 0 bridgehead atoms. The summed E-state index contributed by atoms with van der Waals surface area (Å²) in [5, 5.41) is 0. The van der Waals surface area contributed by atoms with Gasteiger partial charge < -0.3 is 19.1 Å². The molecule has 2 aromatic carbocycles. The highest BCUT2D eigenvalue weighted by molar-refractivity contribution is 7.89. The summed E-state index contributed by atoms with van der Waals surface area (Å²) in [6, 6.07) is 13.4. The number of hydrogen-bond donors (Lipinski definition) is 0. The maximum Gasteiger partial charge on any atom is 0.253 e. The number of rotatable bonds is 6. The first-order valence-electron chi connectivity index (χ1n) is 10.7. The number of likely N-dealkylation sites (tertiary alicyclic amines) is 1. The van der Waals surface area contributed by atoms with E-state index in [1.165, 1.54) is 11.4 Å². The summed E-state index contributed by atoms with van der Waals surface area (Å²) in [4.78, 5) is 14.9. The molecular formula is C23H28N2O6S. The molecule has 8 nitrogen and oxygen atoms in total. The maximum absolute atomic E-state index is 13.3. The Kier molecular flexibility index (Phi) is 6.41. The molecule has 0 aromatic heterocycles. The van der Waals surface area contributed by atoms with Crippen molar-refractivity contribution >= 4 is 15.9 Å². The van der Waals surface area contributed by atoms with Crippen molar-refractivity contribution in [1.82, 2.24) is 9.21 Å². The molecule has 172 valence electrons. The minimum Gasteiger partial charge on any atom is -0.497 e. The zero-order chi connectivity index (χ0) is 22.8. The molecule has 0 unspecified atom stereocenters. The van der Waals surface area contributed by atoms with Crippen LogP contribution in [0.4, 0.5) is 0 Å². The highest BCUT2D eigenvalue weighted by Crippen LogP contribution is 2.38. The van der Waals surface area contributed by atoms with Crippen LogP contribution < -0.4 is 9.47 Å². The van der Waals surface area contributed by atoms with Gasteiger partial charge in [0.25, 0.3) is 5.91 Å². The molecule has 0 N–H and O–H groups in total. The van der Waals surface area contributed by atoms with Crippen LogP contribution in [-0.4, -0.2) is 69.2 Å². The van der Waals surface area contributed by atoms with E-state index in [0.717, 1.165) is 5.75 Å². The molecule has 2 aromatic rings. The molecule has 1 amide bonds. The van der Waals surface area contributed by atoms with Crippen LogP contribution >= 0.6 is 0 Å². The van der Waals surface area contributed by atoms with Gasteiger partial charge in [-0.2, -0.15) is 4.31 Å². The fraction of sp³-hybridized carbons (Fsp3) is 0.435. The van der Waals surface area contributed by atoms with Crippen molar-refractivity contribution in [2.75, 3.05) is 40.0 Å². The van der Waals surface area contributed by atoms with E-state index in [-0.39, 0.29) is 10.8 Å². The Morgan fingerprint density at radius 3 is 2.22 bits per heavy atom. The minimum absolute atomic E-state index is 0.0783. The molecular weight excluding hydrogens is 432 g/mol. The number of methoxy groups -OCH3 is 1. The van der Waals surface area contributed by atoms with Crippen LogP contribution in [0.25, 0.3) is 0 Å². The molecule has 1 spiro atoms. The number of carbonyl (C=O) groups excluding carboxylic acids is 1. The Morgan fingerprint density at radius 1 is 1.00 bits per heavy atom. The second kappa shape index (κ2) is 9.09. The Bertz CT molecular complexity index is 1040. The number of sulfonamides is 1. The molecule has 2 fully saturated rings. The summed E-state index contributed by atoms with van der Waals surface area (Å²) in [6.45, 7) is 3.94. The fourth-order valence-electron chi connectivity index (χ4n) is 4.30. The zero-order valence-electron chi connectivity index (χ0n) is 18.3. The van der Waals surface area contributed by atoms with Gasteiger partial charge in [0, 0.05) is 38.0 Å². The van der Waals surface area contributed by atoms with Crippen LogP contribution in [0.2, 0.25) is 0 Å². The molecule has 2 saturated heterocycles. The molecule has 0 saturated carbocycles. The first-order chi connectivity index (χ1) is 15.4. The average molecular weight is 461 g/mol. The van der Waals surface area contributed by atoms with Crippen LogP contribution in [0, 0.1) is 0 Å². The smallest absolute Gasteiger partial charge is 0.253 e. The van der Waals surface area contributed by atoms with Crippen molar-refractivity contribution in [2.24, 2.45) is 0 Å². The largest absolute Gasteiger partial charge is 0.497 e. The molecule has 32 heavy (non-hydrogen) atoms. The van der Waals surface area contributed by atoms with E-state index >= 15 is 0 Å². The third-order valence-electron chi connectivity index (χ3n) is 6.01. The summed E-state index contributed by atoms with van der Waals surface area (Å²) >= 11 is 0. The Hall–Kier alpha value is -2.62. The van der Waals surface area contributed by atoms with Crippen molar-refractivity contribution in [3.8, 4) is 11.5 Å². The molecule has 2 heterocycles. The number of amides is 1. The van der Waals surface area contributed by atoms with Crippen molar-refractivity contribution in [3.63, 3.8) is 0 Å². The Balaban J connectivity index is 1.47. The summed E-state index contributed by atoms with van der Waals surface area (Å²) in [5.41, 5.74) is -0.339. The van der Waals surface area contributed by atoms with Crippen molar-refractivity contribution in [1.29, 1.82) is 0 Å². The van der Waals surface area contributed by atoms with E-state index in [2.05, 4.69) is 0 Å². The van der Waals surface area contributed by atoms with E-state index in [4.69, 9.17) is 14.2 Å². The van der Waals surface area contributed by atoms with E-state index in [1.807, 2.05) is 6.92 Å². The third-order valence-corrected chi connectivity index (χ3v) is 7.97. The van der Waals surface area contributed by atoms with Crippen molar-refractivity contribution in [2.45, 2.75) is 30.4 Å². The summed E-state index contributed by atoms with van der Waals surface area (Å²) < 4.78 is 44.7. The van der Waals surface area contributed by atoms with E-state index in [9.17, 15) is 13.2 Å². The van der Waals surface area contributed by atoms with Crippen molar-refractivity contribution < 1.29 is 27.4 Å². The summed E-state index contributed by atoms with van der Waals surface area (Å²) in [5.74, 6) is 1.24. The number of ether oxygens (including phenoxy) is 3. The Labute approximate surface area is 188 Å². The highest BCUT2D eigenvalue weighted by Gasteiger charge is 2.51. The molecule has 2 aliphatic rings. The van der Waals surface area contributed by atoms with Gasteiger partial charge in [0.15, 0.2) is 0 Å². The minimum atomic E-state index is -3.74. The maximum atomic E-state index is 13.3. The van der Waals surface area contributed by atoms with E-state index in [0.29, 0.717) is 57.0 Å². The van der Waals surface area contributed by atoms with Gasteiger partial charge in [-0.05, 0) is 55.5 Å². The monoisotopic (exact) mass is 460 g/mol. The van der Waals surface area contributed by atoms with Crippen LogP contribution in [0.1, 0.15) is 30.1 Å². The first-order valence-corrected chi connectivity index (χ1v) is 12.2. The van der Waals surface area contributed by atoms with Crippen LogP contribution in [0.3, 0.4) is 0 Å². The quantitative estimate of drug-likeness (QED) is 0.659. The van der Waals surface area contributed by atoms with E-state index in [1.54, 1.807) is 53.4 Å². The average Bonchev–Trinajstić information content (AvgIpc) is 3.23. The summed E-state index contributed by atoms with van der Waals surface area (Å²) in [7, 11) is -2.20. The van der Waals surface area contributed by atoms with E-state index < -0.39 is 15.7 Å². The second-order valence-corrected chi connectivity index (χ2v) is 9.66. The highest BCUT2D eigenvalue weighted by atomic mass is 32.2. The number of nitrogens with zero attached hydrogens (tertiary/aromatic N) is 2. The predicted octanol–water partition coefficient (Wildman–Crippen LogP) is 2.75. The SMILES string of the molecule is CCOc1ccc(C(=O)N2CCC3(CC2)OCCN3S(=O)(=O)c2ccc(OC)cc2)cc1.